The van der Waals surface area contributed by atoms with E-state index < -0.39 is 27.2 Å². The summed E-state index contributed by atoms with van der Waals surface area (Å²) in [5.41, 5.74) is -0.242. The second-order valence-corrected chi connectivity index (χ2v) is 7.12. The standard InChI is InChI=1S/C15H14F2N4O3S/c1-2-14-19-20-15(22)13-6-12(8-21(13)14)25(23,24)18-7-9-3-10(16)5-11(17)4-9/h3-6,8,18H,2,7H2,1H3,(H,20,22). The van der Waals surface area contributed by atoms with Crippen LogP contribution in [0.2, 0.25) is 0 Å². The monoisotopic (exact) mass is 368 g/mol. The Morgan fingerprint density at radius 2 is 1.88 bits per heavy atom. The van der Waals surface area contributed by atoms with Gasteiger partial charge in [-0.2, -0.15) is 5.10 Å². The van der Waals surface area contributed by atoms with Crippen molar-refractivity contribution in [3.63, 3.8) is 0 Å². The first-order chi connectivity index (χ1) is 11.8. The van der Waals surface area contributed by atoms with Gasteiger partial charge in [0.25, 0.3) is 5.56 Å². The molecule has 132 valence electrons. The van der Waals surface area contributed by atoms with Crippen LogP contribution in [0.1, 0.15) is 18.3 Å². The van der Waals surface area contributed by atoms with Crippen LogP contribution in [-0.2, 0) is 23.0 Å². The van der Waals surface area contributed by atoms with E-state index in [1.165, 1.54) is 16.7 Å². The molecule has 2 aromatic heterocycles. The Hall–Kier alpha value is -2.59. The number of rotatable bonds is 5. The molecular weight excluding hydrogens is 354 g/mol. The minimum Gasteiger partial charge on any atom is -0.297 e. The lowest BCUT2D eigenvalue weighted by Gasteiger charge is -2.05. The Morgan fingerprint density at radius 3 is 2.52 bits per heavy atom. The topological polar surface area (TPSA) is 96.3 Å². The van der Waals surface area contributed by atoms with Crippen molar-refractivity contribution < 1.29 is 17.2 Å². The smallest absolute Gasteiger partial charge is 0.288 e. The molecule has 0 amide bonds. The van der Waals surface area contributed by atoms with E-state index in [0.717, 1.165) is 12.1 Å². The Bertz CT molecular complexity index is 1090. The van der Waals surface area contributed by atoms with Crippen LogP contribution in [0.5, 0.6) is 0 Å². The molecule has 0 unspecified atom stereocenters. The van der Waals surface area contributed by atoms with Crippen molar-refractivity contribution in [2.75, 3.05) is 0 Å². The fourth-order valence-corrected chi connectivity index (χ4v) is 3.46. The number of benzene rings is 1. The summed E-state index contributed by atoms with van der Waals surface area (Å²) in [4.78, 5) is 11.7. The van der Waals surface area contributed by atoms with Crippen molar-refractivity contribution >= 4 is 15.5 Å². The molecule has 0 radical (unpaired) electrons. The van der Waals surface area contributed by atoms with Crippen LogP contribution in [0, 0.1) is 11.6 Å². The van der Waals surface area contributed by atoms with Crippen LogP contribution >= 0.6 is 0 Å². The molecule has 7 nitrogen and oxygen atoms in total. The highest BCUT2D eigenvalue weighted by Gasteiger charge is 2.19. The van der Waals surface area contributed by atoms with Gasteiger partial charge in [0.05, 0.1) is 0 Å². The molecular formula is C15H14F2N4O3S. The van der Waals surface area contributed by atoms with E-state index in [2.05, 4.69) is 14.9 Å². The molecule has 3 aromatic rings. The molecule has 2 heterocycles. The summed E-state index contributed by atoms with van der Waals surface area (Å²) in [7, 11) is -3.98. The highest BCUT2D eigenvalue weighted by molar-refractivity contribution is 7.89. The number of nitrogens with zero attached hydrogens (tertiary/aromatic N) is 2. The number of aryl methyl sites for hydroxylation is 1. The van der Waals surface area contributed by atoms with E-state index in [0.29, 0.717) is 18.3 Å². The van der Waals surface area contributed by atoms with E-state index in [4.69, 9.17) is 0 Å². The summed E-state index contributed by atoms with van der Waals surface area (Å²) in [5.74, 6) is -1.11. The van der Waals surface area contributed by atoms with E-state index in [1.807, 2.05) is 6.92 Å². The molecule has 0 aliphatic heterocycles. The highest BCUT2D eigenvalue weighted by atomic mass is 32.2. The first kappa shape index (κ1) is 17.2. The van der Waals surface area contributed by atoms with E-state index in [1.54, 1.807) is 0 Å². The third-order valence-corrected chi connectivity index (χ3v) is 4.98. The SMILES string of the molecule is CCc1n[nH]c(=O)c2cc(S(=O)(=O)NCc3cc(F)cc(F)c3)cn12. The average Bonchev–Trinajstić information content (AvgIpc) is 3.00. The number of fused-ring (bicyclic) bond motifs is 1. The maximum atomic E-state index is 13.2. The number of aromatic nitrogens is 3. The number of hydrogen-bond donors (Lipinski definition) is 2. The molecule has 0 atom stereocenters. The maximum absolute atomic E-state index is 13.2. The molecule has 25 heavy (non-hydrogen) atoms. The Labute approximate surface area is 141 Å². The zero-order valence-corrected chi connectivity index (χ0v) is 13.9. The first-order valence-corrected chi connectivity index (χ1v) is 8.83. The van der Waals surface area contributed by atoms with Crippen LogP contribution in [0.4, 0.5) is 8.78 Å². The van der Waals surface area contributed by atoms with Gasteiger partial charge in [0.2, 0.25) is 10.0 Å². The molecule has 2 N–H and O–H groups in total. The molecule has 0 spiro atoms. The van der Waals surface area contributed by atoms with Gasteiger partial charge in [0, 0.05) is 25.2 Å². The maximum Gasteiger partial charge on any atom is 0.288 e. The predicted octanol–water partition coefficient (Wildman–Crippen LogP) is 1.34. The van der Waals surface area contributed by atoms with Crippen LogP contribution in [0.25, 0.3) is 5.52 Å². The summed E-state index contributed by atoms with van der Waals surface area (Å²) in [6.07, 6.45) is 1.77. The molecule has 0 saturated carbocycles. The van der Waals surface area contributed by atoms with Gasteiger partial charge in [0.15, 0.2) is 0 Å². The molecule has 3 rings (SSSR count). The lowest BCUT2D eigenvalue weighted by molar-refractivity contribution is 0.571. The van der Waals surface area contributed by atoms with Gasteiger partial charge < -0.3 is 0 Å². The molecule has 0 aliphatic rings. The summed E-state index contributed by atoms with van der Waals surface area (Å²) in [6, 6.07) is 3.98. The summed E-state index contributed by atoms with van der Waals surface area (Å²) in [6.45, 7) is 1.52. The summed E-state index contributed by atoms with van der Waals surface area (Å²) < 4.78 is 54.8. The fraction of sp³-hybridized carbons (Fsp3) is 0.200. The highest BCUT2D eigenvalue weighted by Crippen LogP contribution is 2.15. The number of aromatic amines is 1. The molecule has 1 aromatic carbocycles. The van der Waals surface area contributed by atoms with E-state index in [-0.39, 0.29) is 22.5 Å². The van der Waals surface area contributed by atoms with Crippen LogP contribution < -0.4 is 10.3 Å². The second-order valence-electron chi connectivity index (χ2n) is 5.36. The Kier molecular flexibility index (Phi) is 4.39. The Morgan fingerprint density at radius 1 is 1.20 bits per heavy atom. The van der Waals surface area contributed by atoms with Crippen molar-refractivity contribution in [3.8, 4) is 0 Å². The quantitative estimate of drug-likeness (QED) is 0.710. The van der Waals surface area contributed by atoms with E-state index in [9.17, 15) is 22.0 Å². The first-order valence-electron chi connectivity index (χ1n) is 7.34. The van der Waals surface area contributed by atoms with Crippen LogP contribution in [0.15, 0.2) is 40.2 Å². The van der Waals surface area contributed by atoms with E-state index >= 15 is 0 Å². The summed E-state index contributed by atoms with van der Waals surface area (Å²) >= 11 is 0. The third kappa shape index (κ3) is 3.44. The molecule has 0 aliphatic carbocycles. The zero-order chi connectivity index (χ0) is 18.2. The van der Waals surface area contributed by atoms with Gasteiger partial charge in [0.1, 0.15) is 27.9 Å². The minimum atomic E-state index is -3.98. The zero-order valence-electron chi connectivity index (χ0n) is 13.1. The largest absolute Gasteiger partial charge is 0.297 e. The third-order valence-electron chi connectivity index (χ3n) is 3.61. The number of halogens is 2. The van der Waals surface area contributed by atoms with Gasteiger partial charge >= 0.3 is 0 Å². The second kappa shape index (κ2) is 6.37. The van der Waals surface area contributed by atoms with Gasteiger partial charge in [-0.3, -0.25) is 9.20 Å². The number of sulfonamides is 1. The van der Waals surface area contributed by atoms with Crippen molar-refractivity contribution in [3.05, 3.63) is 63.8 Å². The molecule has 0 fully saturated rings. The summed E-state index contributed by atoms with van der Waals surface area (Å²) in [5, 5.41) is 6.16. The molecule has 0 bridgehead atoms. The molecule has 10 heteroatoms. The van der Waals surface area contributed by atoms with Crippen LogP contribution in [0.3, 0.4) is 0 Å². The number of nitrogens with one attached hydrogen (secondary N) is 2. The normalized spacial score (nSPS) is 12.0. The lowest BCUT2D eigenvalue weighted by atomic mass is 10.2. The minimum absolute atomic E-state index is 0.138. The lowest BCUT2D eigenvalue weighted by Crippen LogP contribution is -2.23. The number of H-pyrrole nitrogens is 1. The fourth-order valence-electron chi connectivity index (χ4n) is 2.42. The Balaban J connectivity index is 1.93. The molecule has 0 saturated heterocycles. The van der Waals surface area contributed by atoms with Gasteiger partial charge in [-0.25, -0.2) is 27.0 Å². The van der Waals surface area contributed by atoms with Crippen molar-refractivity contribution in [1.82, 2.24) is 19.3 Å². The number of hydrogen-bond acceptors (Lipinski definition) is 4. The van der Waals surface area contributed by atoms with Crippen molar-refractivity contribution in [2.45, 2.75) is 24.8 Å². The van der Waals surface area contributed by atoms with Gasteiger partial charge in [-0.15, -0.1) is 0 Å². The van der Waals surface area contributed by atoms with Crippen LogP contribution in [-0.4, -0.2) is 23.0 Å². The van der Waals surface area contributed by atoms with Crippen molar-refractivity contribution in [1.29, 1.82) is 0 Å². The van der Waals surface area contributed by atoms with Crippen molar-refractivity contribution in [2.24, 2.45) is 0 Å². The predicted molar refractivity (Wildman–Crippen MR) is 85.6 cm³/mol. The average molecular weight is 368 g/mol. The van der Waals surface area contributed by atoms with Gasteiger partial charge in [-0.05, 0) is 23.8 Å². The van der Waals surface area contributed by atoms with Gasteiger partial charge in [-0.1, -0.05) is 6.92 Å².